The lowest BCUT2D eigenvalue weighted by molar-refractivity contribution is 0.163. The van der Waals surface area contributed by atoms with E-state index >= 15 is 0 Å². The summed E-state index contributed by atoms with van der Waals surface area (Å²) in [6.45, 7) is 2.19. The number of allylic oxidation sites excluding steroid dienone is 1. The molecule has 0 heterocycles. The minimum absolute atomic E-state index is 0.316. The first-order chi connectivity index (χ1) is 9.77. The van der Waals surface area contributed by atoms with Gasteiger partial charge in [0.25, 0.3) is 0 Å². The van der Waals surface area contributed by atoms with Gasteiger partial charge < -0.3 is 5.11 Å². The van der Waals surface area contributed by atoms with Crippen LogP contribution >= 0.6 is 15.9 Å². The summed E-state index contributed by atoms with van der Waals surface area (Å²) in [5.74, 6) is 0. The summed E-state index contributed by atoms with van der Waals surface area (Å²) in [4.78, 5) is 0. The molecule has 0 spiro atoms. The van der Waals surface area contributed by atoms with Crippen LogP contribution in [0.2, 0.25) is 0 Å². The van der Waals surface area contributed by atoms with Crippen LogP contribution in [0.3, 0.4) is 0 Å². The largest absolute Gasteiger partial charge is 0.388 e. The van der Waals surface area contributed by atoms with Crippen LogP contribution in [0.5, 0.6) is 0 Å². The molecule has 1 aromatic carbocycles. The number of rotatable bonds is 10. The maximum absolute atomic E-state index is 10.2. The van der Waals surface area contributed by atoms with Crippen molar-refractivity contribution in [2.75, 3.05) is 5.33 Å². The molecular formula is C18H27BrO. The van der Waals surface area contributed by atoms with E-state index in [-0.39, 0.29) is 6.10 Å². The molecule has 1 rings (SSSR count). The summed E-state index contributed by atoms with van der Waals surface area (Å²) in [6, 6.07) is 8.27. The van der Waals surface area contributed by atoms with Crippen LogP contribution in [-0.2, 0) is 0 Å². The fourth-order valence-corrected chi connectivity index (χ4v) is 2.60. The average Bonchev–Trinajstić information content (AvgIpc) is 2.47. The van der Waals surface area contributed by atoms with Crippen LogP contribution < -0.4 is 0 Å². The Morgan fingerprint density at radius 2 is 2.05 bits per heavy atom. The average molecular weight is 339 g/mol. The van der Waals surface area contributed by atoms with Gasteiger partial charge in [0.05, 0.1) is 6.10 Å². The van der Waals surface area contributed by atoms with E-state index < -0.39 is 0 Å². The Kier molecular flexibility index (Phi) is 9.69. The smallest absolute Gasteiger partial charge is 0.0790 e. The quantitative estimate of drug-likeness (QED) is 0.417. The second-order valence-corrected chi connectivity index (χ2v) is 6.06. The fraction of sp³-hybridized carbons (Fsp3) is 0.556. The Labute approximate surface area is 132 Å². The van der Waals surface area contributed by atoms with Crippen LogP contribution in [0.4, 0.5) is 0 Å². The third-order valence-corrected chi connectivity index (χ3v) is 4.00. The summed E-state index contributed by atoms with van der Waals surface area (Å²) in [6.07, 6.45) is 12.0. The van der Waals surface area contributed by atoms with Crippen molar-refractivity contribution in [3.63, 3.8) is 0 Å². The minimum atomic E-state index is -0.316. The molecule has 0 aromatic heterocycles. The first kappa shape index (κ1) is 17.5. The van der Waals surface area contributed by atoms with Crippen molar-refractivity contribution in [3.8, 4) is 0 Å². The van der Waals surface area contributed by atoms with Gasteiger partial charge in [-0.25, -0.2) is 0 Å². The van der Waals surface area contributed by atoms with Gasteiger partial charge in [-0.3, -0.25) is 0 Å². The van der Waals surface area contributed by atoms with Gasteiger partial charge in [0.1, 0.15) is 0 Å². The molecule has 0 aliphatic carbocycles. The van der Waals surface area contributed by atoms with Gasteiger partial charge in [0.2, 0.25) is 0 Å². The topological polar surface area (TPSA) is 20.2 Å². The Hall–Kier alpha value is -0.600. The summed E-state index contributed by atoms with van der Waals surface area (Å²) in [5.41, 5.74) is 2.24. The highest BCUT2D eigenvalue weighted by atomic mass is 79.9. The van der Waals surface area contributed by atoms with Crippen molar-refractivity contribution >= 4 is 22.0 Å². The van der Waals surface area contributed by atoms with Crippen LogP contribution in [0, 0.1) is 0 Å². The molecule has 0 aliphatic rings. The van der Waals surface area contributed by atoms with E-state index in [4.69, 9.17) is 0 Å². The standard InChI is InChI=1S/C18H27BrO/c1-2-3-6-13-18(20)17-12-9-11-16(15-17)10-7-4-5-8-14-19/h7,9-12,15,18,20H,2-6,8,13-14H2,1H3/b10-7-. The van der Waals surface area contributed by atoms with Gasteiger partial charge in [-0.15, -0.1) is 0 Å². The lowest BCUT2D eigenvalue weighted by atomic mass is 10.0. The van der Waals surface area contributed by atoms with E-state index in [1.165, 1.54) is 31.2 Å². The van der Waals surface area contributed by atoms with Crippen molar-refractivity contribution in [1.82, 2.24) is 0 Å². The Bertz CT molecular complexity index is 387. The van der Waals surface area contributed by atoms with Crippen molar-refractivity contribution in [3.05, 3.63) is 41.5 Å². The molecule has 0 amide bonds. The van der Waals surface area contributed by atoms with Gasteiger partial charge in [0, 0.05) is 5.33 Å². The molecule has 1 unspecified atom stereocenters. The van der Waals surface area contributed by atoms with Crippen LogP contribution in [0.15, 0.2) is 30.3 Å². The Balaban J connectivity index is 2.47. The third-order valence-electron chi connectivity index (χ3n) is 3.44. The number of hydrogen-bond acceptors (Lipinski definition) is 1. The molecule has 20 heavy (non-hydrogen) atoms. The van der Waals surface area contributed by atoms with Gasteiger partial charge in [-0.05, 0) is 42.9 Å². The number of unbranched alkanes of at least 4 members (excludes halogenated alkanes) is 4. The van der Waals surface area contributed by atoms with E-state index in [9.17, 15) is 5.11 Å². The molecule has 0 radical (unpaired) electrons. The normalized spacial score (nSPS) is 12.9. The minimum Gasteiger partial charge on any atom is -0.388 e. The van der Waals surface area contributed by atoms with E-state index in [0.29, 0.717) is 0 Å². The van der Waals surface area contributed by atoms with Crippen molar-refractivity contribution in [1.29, 1.82) is 0 Å². The first-order valence-corrected chi connectivity index (χ1v) is 8.90. The molecule has 2 heteroatoms. The lowest BCUT2D eigenvalue weighted by Crippen LogP contribution is -1.97. The van der Waals surface area contributed by atoms with Crippen LogP contribution in [0.25, 0.3) is 6.08 Å². The number of benzene rings is 1. The molecule has 112 valence electrons. The number of halogens is 1. The molecule has 1 atom stereocenters. The zero-order valence-electron chi connectivity index (χ0n) is 12.5. The summed E-state index contributed by atoms with van der Waals surface area (Å²) in [7, 11) is 0. The lowest BCUT2D eigenvalue weighted by Gasteiger charge is -2.11. The number of alkyl halides is 1. The van der Waals surface area contributed by atoms with Crippen LogP contribution in [0.1, 0.15) is 69.1 Å². The third kappa shape index (κ3) is 7.25. The second-order valence-electron chi connectivity index (χ2n) is 5.27. The highest BCUT2D eigenvalue weighted by Gasteiger charge is 2.06. The fourth-order valence-electron chi connectivity index (χ4n) is 2.20. The molecule has 1 N–H and O–H groups in total. The first-order valence-electron chi connectivity index (χ1n) is 7.78. The maximum atomic E-state index is 10.2. The van der Waals surface area contributed by atoms with Crippen molar-refractivity contribution in [2.45, 2.75) is 58.0 Å². The van der Waals surface area contributed by atoms with E-state index in [1.807, 2.05) is 12.1 Å². The summed E-state index contributed by atoms with van der Waals surface area (Å²) >= 11 is 3.45. The van der Waals surface area contributed by atoms with Crippen molar-refractivity contribution < 1.29 is 5.11 Å². The molecule has 0 saturated carbocycles. The van der Waals surface area contributed by atoms with Gasteiger partial charge in [-0.2, -0.15) is 0 Å². The monoisotopic (exact) mass is 338 g/mol. The predicted octanol–water partition coefficient (Wildman–Crippen LogP) is 5.88. The summed E-state index contributed by atoms with van der Waals surface area (Å²) in [5, 5.41) is 11.3. The number of hydrogen-bond donors (Lipinski definition) is 1. The Morgan fingerprint density at radius 3 is 2.80 bits per heavy atom. The van der Waals surface area contributed by atoms with Gasteiger partial charge in [0.15, 0.2) is 0 Å². The molecule has 1 nitrogen and oxygen atoms in total. The predicted molar refractivity (Wildman–Crippen MR) is 92.2 cm³/mol. The number of aliphatic hydroxyl groups excluding tert-OH is 1. The molecule has 1 aromatic rings. The SMILES string of the molecule is CCCCCC(O)c1cccc(/C=C\CCCCBr)c1. The zero-order chi connectivity index (χ0) is 14.6. The van der Waals surface area contributed by atoms with E-state index in [1.54, 1.807) is 0 Å². The van der Waals surface area contributed by atoms with Crippen molar-refractivity contribution in [2.24, 2.45) is 0 Å². The Morgan fingerprint density at radius 1 is 1.20 bits per heavy atom. The molecule has 0 aliphatic heterocycles. The molecule has 0 fully saturated rings. The second kappa shape index (κ2) is 11.1. The highest BCUT2D eigenvalue weighted by molar-refractivity contribution is 9.09. The van der Waals surface area contributed by atoms with Gasteiger partial charge in [-0.1, -0.05) is 72.5 Å². The zero-order valence-corrected chi connectivity index (χ0v) is 14.1. The van der Waals surface area contributed by atoms with Crippen LogP contribution in [-0.4, -0.2) is 10.4 Å². The van der Waals surface area contributed by atoms with Gasteiger partial charge >= 0.3 is 0 Å². The molecule has 0 saturated heterocycles. The maximum Gasteiger partial charge on any atom is 0.0790 e. The van der Waals surface area contributed by atoms with E-state index in [2.05, 4.69) is 47.1 Å². The molecular weight excluding hydrogens is 312 g/mol. The highest BCUT2D eigenvalue weighted by Crippen LogP contribution is 2.21. The molecule has 0 bridgehead atoms. The van der Waals surface area contributed by atoms with E-state index in [0.717, 1.165) is 30.2 Å². The number of aliphatic hydroxyl groups is 1. The summed E-state index contributed by atoms with van der Waals surface area (Å²) < 4.78 is 0.